The average Bonchev–Trinajstić information content (AvgIpc) is 2.66. The highest BCUT2D eigenvalue weighted by Crippen LogP contribution is 2.61. The van der Waals surface area contributed by atoms with E-state index in [1.807, 2.05) is 13.0 Å². The molecular weight excluding hydrogens is 352 g/mol. The van der Waals surface area contributed by atoms with Crippen LogP contribution in [0.25, 0.3) is 0 Å². The number of rotatable bonds is 7. The highest BCUT2D eigenvalue weighted by Gasteiger charge is 2.53. The van der Waals surface area contributed by atoms with Gasteiger partial charge >= 0.3 is 0 Å². The summed E-state index contributed by atoms with van der Waals surface area (Å²) in [5.41, 5.74) is 0.738. The zero-order valence-corrected chi connectivity index (χ0v) is 17.0. The Morgan fingerprint density at radius 1 is 1.11 bits per heavy atom. The number of nitrogens with one attached hydrogen (secondary N) is 2. The van der Waals surface area contributed by atoms with Gasteiger partial charge in [0.05, 0.1) is 18.7 Å². The van der Waals surface area contributed by atoms with Crippen LogP contribution in [0.15, 0.2) is 24.3 Å². The second-order valence-electron chi connectivity index (χ2n) is 9.18. The fraction of sp³-hybridized carbons (Fsp3) is 0.652. The minimum Gasteiger partial charge on any atom is -0.493 e. The fourth-order valence-electron chi connectivity index (χ4n) is 6.34. The lowest BCUT2D eigenvalue weighted by Gasteiger charge is -2.59. The van der Waals surface area contributed by atoms with E-state index in [9.17, 15) is 9.59 Å². The van der Waals surface area contributed by atoms with Crippen LogP contribution < -0.4 is 15.4 Å². The first kappa shape index (κ1) is 19.3. The van der Waals surface area contributed by atoms with Gasteiger partial charge in [0.25, 0.3) is 5.91 Å². The summed E-state index contributed by atoms with van der Waals surface area (Å²) < 4.78 is 5.51. The van der Waals surface area contributed by atoms with Crippen molar-refractivity contribution in [3.63, 3.8) is 0 Å². The van der Waals surface area contributed by atoms with Crippen LogP contribution >= 0.6 is 0 Å². The fourth-order valence-corrected chi connectivity index (χ4v) is 6.34. The van der Waals surface area contributed by atoms with E-state index in [1.165, 1.54) is 38.5 Å². The molecule has 5 heteroatoms. The van der Waals surface area contributed by atoms with E-state index in [4.69, 9.17) is 4.74 Å². The molecule has 1 aromatic carbocycles. The molecular formula is C23H32N2O3. The van der Waals surface area contributed by atoms with E-state index in [1.54, 1.807) is 18.2 Å². The van der Waals surface area contributed by atoms with Gasteiger partial charge in [-0.25, -0.2) is 0 Å². The van der Waals surface area contributed by atoms with Gasteiger partial charge in [-0.2, -0.15) is 0 Å². The molecule has 4 saturated carbocycles. The van der Waals surface area contributed by atoms with E-state index < -0.39 is 0 Å². The van der Waals surface area contributed by atoms with Crippen molar-refractivity contribution >= 4 is 11.8 Å². The predicted octanol–water partition coefficient (Wildman–Crippen LogP) is 3.54. The van der Waals surface area contributed by atoms with Crippen LogP contribution in [0, 0.1) is 23.2 Å². The van der Waals surface area contributed by atoms with Crippen molar-refractivity contribution in [1.82, 2.24) is 10.6 Å². The molecule has 0 radical (unpaired) electrons. The molecule has 5 nitrogen and oxygen atoms in total. The quantitative estimate of drug-likeness (QED) is 0.756. The lowest BCUT2D eigenvalue weighted by molar-refractivity contribution is -0.124. The number of amides is 2. The van der Waals surface area contributed by atoms with Crippen molar-refractivity contribution in [3.05, 3.63) is 29.8 Å². The molecule has 4 fully saturated rings. The van der Waals surface area contributed by atoms with Crippen LogP contribution in [-0.2, 0) is 4.79 Å². The second kappa shape index (κ2) is 7.76. The SMILES string of the molecule is CCOc1ccccc1C(=O)NCC(=O)NC(C)C12CC3CC(CC(C3)C1)C2. The van der Waals surface area contributed by atoms with Gasteiger partial charge in [0, 0.05) is 6.04 Å². The normalized spacial score (nSPS) is 31.3. The molecule has 4 aliphatic rings. The van der Waals surface area contributed by atoms with Gasteiger partial charge in [-0.1, -0.05) is 12.1 Å². The molecule has 28 heavy (non-hydrogen) atoms. The highest BCUT2D eigenvalue weighted by molar-refractivity contribution is 5.98. The van der Waals surface area contributed by atoms with Gasteiger partial charge in [0.2, 0.25) is 5.91 Å². The Balaban J connectivity index is 1.32. The van der Waals surface area contributed by atoms with Gasteiger partial charge in [-0.05, 0) is 87.7 Å². The van der Waals surface area contributed by atoms with Crippen molar-refractivity contribution < 1.29 is 14.3 Å². The molecule has 0 saturated heterocycles. The first-order valence-electron chi connectivity index (χ1n) is 10.8. The van der Waals surface area contributed by atoms with Crippen molar-refractivity contribution in [2.75, 3.05) is 13.2 Å². The van der Waals surface area contributed by atoms with Gasteiger partial charge in [-0.15, -0.1) is 0 Å². The van der Waals surface area contributed by atoms with Crippen molar-refractivity contribution in [1.29, 1.82) is 0 Å². The second-order valence-corrected chi connectivity index (χ2v) is 9.18. The van der Waals surface area contributed by atoms with Gasteiger partial charge in [-0.3, -0.25) is 9.59 Å². The van der Waals surface area contributed by atoms with Gasteiger partial charge < -0.3 is 15.4 Å². The lowest BCUT2D eigenvalue weighted by Crippen LogP contribution is -2.56. The third-order valence-electron chi connectivity index (χ3n) is 7.22. The third-order valence-corrected chi connectivity index (χ3v) is 7.22. The van der Waals surface area contributed by atoms with Gasteiger partial charge in [0.15, 0.2) is 0 Å². The van der Waals surface area contributed by atoms with Crippen molar-refractivity contribution in [3.8, 4) is 5.75 Å². The van der Waals surface area contributed by atoms with Crippen LogP contribution in [0.2, 0.25) is 0 Å². The molecule has 0 heterocycles. The lowest BCUT2D eigenvalue weighted by atomic mass is 9.48. The Bertz CT molecular complexity index is 710. The molecule has 0 aromatic heterocycles. The number of carbonyl (C=O) groups is 2. The number of hydrogen-bond acceptors (Lipinski definition) is 3. The summed E-state index contributed by atoms with van der Waals surface area (Å²) in [4.78, 5) is 25.0. The van der Waals surface area contributed by atoms with Crippen LogP contribution in [0.1, 0.15) is 62.7 Å². The van der Waals surface area contributed by atoms with Crippen molar-refractivity contribution in [2.45, 2.75) is 58.4 Å². The summed E-state index contributed by atoms with van der Waals surface area (Å²) in [7, 11) is 0. The summed E-state index contributed by atoms with van der Waals surface area (Å²) in [5, 5.41) is 5.94. The number of hydrogen-bond donors (Lipinski definition) is 2. The number of benzene rings is 1. The average molecular weight is 385 g/mol. The summed E-state index contributed by atoms with van der Waals surface area (Å²) in [6.45, 7) is 4.54. The minimum absolute atomic E-state index is 0.00397. The zero-order chi connectivity index (χ0) is 19.7. The predicted molar refractivity (Wildman–Crippen MR) is 108 cm³/mol. The minimum atomic E-state index is -0.276. The maximum atomic E-state index is 12.5. The molecule has 0 aliphatic heterocycles. The van der Waals surface area contributed by atoms with Gasteiger partial charge in [0.1, 0.15) is 5.75 Å². The number of ether oxygens (including phenoxy) is 1. The molecule has 5 rings (SSSR count). The topological polar surface area (TPSA) is 67.4 Å². The van der Waals surface area contributed by atoms with E-state index >= 15 is 0 Å². The Morgan fingerprint density at radius 2 is 1.71 bits per heavy atom. The van der Waals surface area contributed by atoms with Crippen LogP contribution in [0.5, 0.6) is 5.75 Å². The number of carbonyl (C=O) groups excluding carboxylic acids is 2. The van der Waals surface area contributed by atoms with E-state index in [0.717, 1.165) is 17.8 Å². The molecule has 1 unspecified atom stereocenters. The van der Waals surface area contributed by atoms with E-state index in [-0.39, 0.29) is 29.8 Å². The van der Waals surface area contributed by atoms with E-state index in [0.29, 0.717) is 17.9 Å². The monoisotopic (exact) mass is 384 g/mol. The van der Waals surface area contributed by atoms with Crippen molar-refractivity contribution in [2.24, 2.45) is 23.2 Å². The summed E-state index contributed by atoms with van der Waals surface area (Å²) in [6, 6.07) is 7.29. The summed E-state index contributed by atoms with van der Waals surface area (Å²) >= 11 is 0. The molecule has 2 amide bonds. The summed E-state index contributed by atoms with van der Waals surface area (Å²) in [6.07, 6.45) is 7.97. The van der Waals surface area contributed by atoms with Crippen LogP contribution in [0.3, 0.4) is 0 Å². The summed E-state index contributed by atoms with van der Waals surface area (Å²) in [5.74, 6) is 2.75. The molecule has 2 N–H and O–H groups in total. The first-order chi connectivity index (χ1) is 13.5. The maximum absolute atomic E-state index is 12.5. The van der Waals surface area contributed by atoms with Crippen LogP contribution in [0.4, 0.5) is 0 Å². The molecule has 1 aromatic rings. The van der Waals surface area contributed by atoms with Crippen LogP contribution in [-0.4, -0.2) is 31.0 Å². The third kappa shape index (κ3) is 3.76. The zero-order valence-electron chi connectivity index (χ0n) is 17.0. The molecule has 4 aliphatic carbocycles. The maximum Gasteiger partial charge on any atom is 0.255 e. The highest BCUT2D eigenvalue weighted by atomic mass is 16.5. The number of para-hydroxylation sites is 1. The Morgan fingerprint density at radius 3 is 2.32 bits per heavy atom. The van der Waals surface area contributed by atoms with E-state index in [2.05, 4.69) is 17.6 Å². The largest absolute Gasteiger partial charge is 0.493 e. The Hall–Kier alpha value is -2.04. The molecule has 1 atom stereocenters. The Kier molecular flexibility index (Phi) is 5.35. The first-order valence-corrected chi connectivity index (χ1v) is 10.8. The smallest absolute Gasteiger partial charge is 0.255 e. The molecule has 152 valence electrons. The molecule has 4 bridgehead atoms. The molecule has 0 spiro atoms. The Labute approximate surface area is 167 Å². The standard InChI is InChI=1S/C23H32N2O3/c1-3-28-20-7-5-4-6-19(20)22(27)24-14-21(26)25-15(2)23-11-16-8-17(12-23)10-18(9-16)13-23/h4-7,15-18H,3,8-14H2,1-2H3,(H,24,27)(H,25,26).